The van der Waals surface area contributed by atoms with Crippen LogP contribution in [0, 0.1) is 5.92 Å². The maximum Gasteiger partial charge on any atom is 0.224 e. The third-order valence-electron chi connectivity index (χ3n) is 3.34. The van der Waals surface area contributed by atoms with Crippen molar-refractivity contribution in [2.24, 2.45) is 5.92 Å². The number of aromatic nitrogens is 2. The van der Waals surface area contributed by atoms with E-state index in [1.807, 2.05) is 13.0 Å². The van der Waals surface area contributed by atoms with E-state index in [1.165, 1.54) is 0 Å². The molecule has 5 nitrogen and oxygen atoms in total. The molecule has 0 amide bonds. The SMILES string of the molecule is CCNc1nccc(N2CCC(C)C2CO)n1. The van der Waals surface area contributed by atoms with Crippen LogP contribution >= 0.6 is 0 Å². The van der Waals surface area contributed by atoms with E-state index in [0.29, 0.717) is 11.9 Å². The lowest BCUT2D eigenvalue weighted by Gasteiger charge is -2.26. The van der Waals surface area contributed by atoms with Crippen molar-refractivity contribution in [3.05, 3.63) is 12.3 Å². The Morgan fingerprint density at radius 1 is 1.59 bits per heavy atom. The fraction of sp³-hybridized carbons (Fsp3) is 0.667. The molecule has 0 saturated carbocycles. The van der Waals surface area contributed by atoms with Crippen molar-refractivity contribution in [1.29, 1.82) is 0 Å². The summed E-state index contributed by atoms with van der Waals surface area (Å²) in [5.41, 5.74) is 0. The average Bonchev–Trinajstić information content (AvgIpc) is 2.71. The summed E-state index contributed by atoms with van der Waals surface area (Å²) in [4.78, 5) is 10.8. The topological polar surface area (TPSA) is 61.3 Å². The Bertz CT molecular complexity index is 371. The van der Waals surface area contributed by atoms with E-state index in [4.69, 9.17) is 0 Å². The summed E-state index contributed by atoms with van der Waals surface area (Å²) >= 11 is 0. The molecule has 1 aliphatic rings. The quantitative estimate of drug-likeness (QED) is 0.820. The highest BCUT2D eigenvalue weighted by molar-refractivity contribution is 5.44. The number of hydrogen-bond donors (Lipinski definition) is 2. The lowest BCUT2D eigenvalue weighted by atomic mass is 10.0. The molecule has 5 heteroatoms. The Labute approximate surface area is 102 Å². The van der Waals surface area contributed by atoms with E-state index in [0.717, 1.165) is 25.3 Å². The molecule has 2 heterocycles. The van der Waals surface area contributed by atoms with Crippen LogP contribution in [0.25, 0.3) is 0 Å². The zero-order valence-electron chi connectivity index (χ0n) is 10.4. The van der Waals surface area contributed by atoms with Crippen LogP contribution in [0.15, 0.2) is 12.3 Å². The van der Waals surface area contributed by atoms with Crippen molar-refractivity contribution >= 4 is 11.8 Å². The highest BCUT2D eigenvalue weighted by atomic mass is 16.3. The van der Waals surface area contributed by atoms with Gasteiger partial charge in [-0.15, -0.1) is 0 Å². The number of nitrogens with zero attached hydrogens (tertiary/aromatic N) is 3. The van der Waals surface area contributed by atoms with Crippen LogP contribution < -0.4 is 10.2 Å². The molecule has 1 aliphatic heterocycles. The van der Waals surface area contributed by atoms with Crippen LogP contribution in [-0.2, 0) is 0 Å². The Balaban J connectivity index is 2.18. The smallest absolute Gasteiger partial charge is 0.224 e. The molecule has 1 saturated heterocycles. The fourth-order valence-electron chi connectivity index (χ4n) is 2.32. The second-order valence-corrected chi connectivity index (χ2v) is 4.48. The fourth-order valence-corrected chi connectivity index (χ4v) is 2.32. The number of hydrogen-bond acceptors (Lipinski definition) is 5. The zero-order valence-corrected chi connectivity index (χ0v) is 10.4. The van der Waals surface area contributed by atoms with Gasteiger partial charge in [-0.1, -0.05) is 6.92 Å². The third kappa shape index (κ3) is 2.49. The largest absolute Gasteiger partial charge is 0.394 e. The molecule has 94 valence electrons. The molecule has 2 N–H and O–H groups in total. The van der Waals surface area contributed by atoms with Crippen LogP contribution in [0.3, 0.4) is 0 Å². The van der Waals surface area contributed by atoms with Crippen LogP contribution in [-0.4, -0.2) is 40.8 Å². The molecule has 1 fully saturated rings. The van der Waals surface area contributed by atoms with E-state index >= 15 is 0 Å². The summed E-state index contributed by atoms with van der Waals surface area (Å²) < 4.78 is 0. The molecule has 0 spiro atoms. The number of aliphatic hydroxyl groups excluding tert-OH is 1. The second-order valence-electron chi connectivity index (χ2n) is 4.48. The number of aliphatic hydroxyl groups is 1. The van der Waals surface area contributed by atoms with Gasteiger partial charge in [0.1, 0.15) is 5.82 Å². The van der Waals surface area contributed by atoms with Crippen molar-refractivity contribution in [1.82, 2.24) is 9.97 Å². The van der Waals surface area contributed by atoms with Crippen molar-refractivity contribution in [3.8, 4) is 0 Å². The van der Waals surface area contributed by atoms with Crippen LogP contribution in [0.5, 0.6) is 0 Å². The lowest BCUT2D eigenvalue weighted by Crippen LogP contribution is -2.35. The predicted octanol–water partition coefficient (Wildman–Crippen LogP) is 1.12. The summed E-state index contributed by atoms with van der Waals surface area (Å²) in [7, 11) is 0. The lowest BCUT2D eigenvalue weighted by molar-refractivity contribution is 0.244. The highest BCUT2D eigenvalue weighted by Gasteiger charge is 2.31. The van der Waals surface area contributed by atoms with Gasteiger partial charge >= 0.3 is 0 Å². The Kier molecular flexibility index (Phi) is 3.78. The molecule has 0 bridgehead atoms. The Hall–Kier alpha value is -1.36. The third-order valence-corrected chi connectivity index (χ3v) is 3.34. The minimum absolute atomic E-state index is 0.180. The van der Waals surface area contributed by atoms with E-state index in [1.54, 1.807) is 6.20 Å². The number of rotatable bonds is 4. The van der Waals surface area contributed by atoms with Gasteiger partial charge in [0.15, 0.2) is 0 Å². The van der Waals surface area contributed by atoms with Gasteiger partial charge in [-0.2, -0.15) is 4.98 Å². The molecule has 1 aromatic rings. The van der Waals surface area contributed by atoms with Gasteiger partial charge in [0.2, 0.25) is 5.95 Å². The molecule has 0 aromatic carbocycles. The minimum Gasteiger partial charge on any atom is -0.394 e. The Morgan fingerprint density at radius 3 is 3.12 bits per heavy atom. The van der Waals surface area contributed by atoms with E-state index < -0.39 is 0 Å². The molecule has 2 rings (SSSR count). The summed E-state index contributed by atoms with van der Waals surface area (Å²) in [6.07, 6.45) is 2.86. The zero-order chi connectivity index (χ0) is 12.3. The van der Waals surface area contributed by atoms with Crippen molar-refractivity contribution < 1.29 is 5.11 Å². The van der Waals surface area contributed by atoms with E-state index in [9.17, 15) is 5.11 Å². The van der Waals surface area contributed by atoms with Gasteiger partial charge in [0.25, 0.3) is 0 Å². The van der Waals surface area contributed by atoms with E-state index in [2.05, 4.69) is 27.1 Å². The highest BCUT2D eigenvalue weighted by Crippen LogP contribution is 2.28. The molecule has 17 heavy (non-hydrogen) atoms. The van der Waals surface area contributed by atoms with Gasteiger partial charge in [0.05, 0.1) is 12.6 Å². The first-order valence-electron chi connectivity index (χ1n) is 6.20. The normalized spacial score (nSPS) is 24.1. The summed E-state index contributed by atoms with van der Waals surface area (Å²) in [6, 6.07) is 2.08. The molecule has 2 atom stereocenters. The summed E-state index contributed by atoms with van der Waals surface area (Å²) in [6.45, 7) is 6.14. The summed E-state index contributed by atoms with van der Waals surface area (Å²) in [5, 5.41) is 12.5. The molecule has 0 aliphatic carbocycles. The first-order valence-corrected chi connectivity index (χ1v) is 6.20. The molecule has 1 aromatic heterocycles. The van der Waals surface area contributed by atoms with Crippen molar-refractivity contribution in [3.63, 3.8) is 0 Å². The van der Waals surface area contributed by atoms with Crippen LogP contribution in [0.4, 0.5) is 11.8 Å². The standard InChI is InChI=1S/C12H20N4O/c1-3-13-12-14-6-4-11(15-12)16-7-5-9(2)10(16)8-17/h4,6,9-10,17H,3,5,7-8H2,1-2H3,(H,13,14,15). The molecular weight excluding hydrogens is 216 g/mol. The van der Waals surface area contributed by atoms with Gasteiger partial charge < -0.3 is 15.3 Å². The predicted molar refractivity (Wildman–Crippen MR) is 68.2 cm³/mol. The van der Waals surface area contributed by atoms with Gasteiger partial charge in [0, 0.05) is 19.3 Å². The Morgan fingerprint density at radius 2 is 2.41 bits per heavy atom. The van der Waals surface area contributed by atoms with Gasteiger partial charge in [-0.05, 0) is 25.3 Å². The van der Waals surface area contributed by atoms with E-state index in [-0.39, 0.29) is 12.6 Å². The summed E-state index contributed by atoms with van der Waals surface area (Å²) in [5.74, 6) is 2.07. The number of nitrogens with one attached hydrogen (secondary N) is 1. The monoisotopic (exact) mass is 236 g/mol. The van der Waals surface area contributed by atoms with Crippen LogP contribution in [0.1, 0.15) is 20.3 Å². The van der Waals surface area contributed by atoms with Crippen LogP contribution in [0.2, 0.25) is 0 Å². The van der Waals surface area contributed by atoms with Gasteiger partial charge in [-0.25, -0.2) is 4.98 Å². The second kappa shape index (κ2) is 5.31. The minimum atomic E-state index is 0.180. The maximum absolute atomic E-state index is 9.44. The molecular formula is C12H20N4O. The average molecular weight is 236 g/mol. The molecule has 2 unspecified atom stereocenters. The van der Waals surface area contributed by atoms with Gasteiger partial charge in [-0.3, -0.25) is 0 Å². The number of anilines is 2. The van der Waals surface area contributed by atoms with Crippen molar-refractivity contribution in [2.75, 3.05) is 29.9 Å². The van der Waals surface area contributed by atoms with Crippen molar-refractivity contribution in [2.45, 2.75) is 26.3 Å². The molecule has 0 radical (unpaired) electrons. The maximum atomic E-state index is 9.44. The first kappa shape index (κ1) is 12.1. The first-order chi connectivity index (χ1) is 8.26.